The number of carboxylic acids is 1. The van der Waals surface area contributed by atoms with Gasteiger partial charge in [-0.25, -0.2) is 13.1 Å². The second-order valence-corrected chi connectivity index (χ2v) is 7.70. The van der Waals surface area contributed by atoms with E-state index in [0.29, 0.717) is 30.5 Å². The van der Waals surface area contributed by atoms with Crippen molar-refractivity contribution in [3.63, 3.8) is 0 Å². The van der Waals surface area contributed by atoms with E-state index >= 15 is 0 Å². The highest BCUT2D eigenvalue weighted by Crippen LogP contribution is 2.27. The highest BCUT2D eigenvalue weighted by molar-refractivity contribution is 7.89. The first-order valence-corrected chi connectivity index (χ1v) is 9.24. The van der Waals surface area contributed by atoms with E-state index in [2.05, 4.69) is 4.72 Å². The molecule has 0 radical (unpaired) electrons. The fourth-order valence-corrected chi connectivity index (χ4v) is 4.22. The van der Waals surface area contributed by atoms with E-state index in [4.69, 9.17) is 10.4 Å². The van der Waals surface area contributed by atoms with Crippen LogP contribution in [-0.2, 0) is 14.8 Å². The molecule has 0 unspecified atom stereocenters. The average molecular weight is 351 g/mol. The van der Waals surface area contributed by atoms with E-state index in [1.807, 2.05) is 17.9 Å². The summed E-state index contributed by atoms with van der Waals surface area (Å²) in [7, 11) is -3.64. The van der Waals surface area contributed by atoms with Gasteiger partial charge in [-0.05, 0) is 50.1 Å². The molecular formula is C16H21N3O4S. The number of sulfonamides is 1. The van der Waals surface area contributed by atoms with Crippen LogP contribution in [0.15, 0.2) is 23.1 Å². The van der Waals surface area contributed by atoms with Gasteiger partial charge in [-0.3, -0.25) is 9.69 Å². The molecule has 1 saturated carbocycles. The van der Waals surface area contributed by atoms with Gasteiger partial charge < -0.3 is 5.11 Å². The van der Waals surface area contributed by atoms with Crippen LogP contribution in [0, 0.1) is 18.3 Å². The number of rotatable bonds is 7. The molecular weight excluding hydrogens is 330 g/mol. The molecule has 2 N–H and O–H groups in total. The average Bonchev–Trinajstić information content (AvgIpc) is 2.48. The van der Waals surface area contributed by atoms with Crippen LogP contribution in [0.25, 0.3) is 0 Å². The maximum absolute atomic E-state index is 12.4. The number of hydrogen-bond acceptors (Lipinski definition) is 5. The van der Waals surface area contributed by atoms with Crippen molar-refractivity contribution in [1.29, 1.82) is 5.26 Å². The van der Waals surface area contributed by atoms with Gasteiger partial charge in [0.2, 0.25) is 10.0 Å². The summed E-state index contributed by atoms with van der Waals surface area (Å²) in [5, 5.41) is 17.8. The van der Waals surface area contributed by atoms with Crippen LogP contribution >= 0.6 is 0 Å². The summed E-state index contributed by atoms with van der Waals surface area (Å²) < 4.78 is 27.5. The third-order valence-corrected chi connectivity index (χ3v) is 5.84. The molecule has 130 valence electrons. The first kappa shape index (κ1) is 18.4. The van der Waals surface area contributed by atoms with Crippen molar-refractivity contribution < 1.29 is 18.3 Å². The summed E-state index contributed by atoms with van der Waals surface area (Å²) in [5.41, 5.74) is 1.07. The minimum atomic E-state index is -3.64. The van der Waals surface area contributed by atoms with Crippen molar-refractivity contribution in [2.75, 3.05) is 13.1 Å². The smallest absolute Gasteiger partial charge is 0.317 e. The molecule has 0 saturated heterocycles. The second-order valence-electron chi connectivity index (χ2n) is 5.99. The molecule has 0 aromatic heterocycles. The normalized spacial score (nSPS) is 20.4. The maximum Gasteiger partial charge on any atom is 0.317 e. The zero-order valence-corrected chi connectivity index (χ0v) is 14.5. The van der Waals surface area contributed by atoms with Crippen molar-refractivity contribution in [3.05, 3.63) is 29.3 Å². The van der Waals surface area contributed by atoms with Crippen molar-refractivity contribution in [2.45, 2.75) is 43.7 Å². The van der Waals surface area contributed by atoms with Gasteiger partial charge in [0, 0.05) is 12.1 Å². The van der Waals surface area contributed by atoms with Gasteiger partial charge >= 0.3 is 5.97 Å². The molecule has 1 aromatic carbocycles. The summed E-state index contributed by atoms with van der Waals surface area (Å²) in [6.07, 6.45) is 1.19. The van der Waals surface area contributed by atoms with E-state index in [1.165, 1.54) is 18.2 Å². The van der Waals surface area contributed by atoms with Gasteiger partial charge in [0.05, 0.1) is 23.1 Å². The fraction of sp³-hybridized carbons (Fsp3) is 0.500. The lowest BCUT2D eigenvalue weighted by Crippen LogP contribution is -2.54. The zero-order valence-electron chi connectivity index (χ0n) is 13.7. The first-order valence-electron chi connectivity index (χ1n) is 7.75. The standard InChI is InChI=1S/C16H21N3O4S/c1-3-19(10-16(20)21)14-7-13(8-14)18-24(22,23)15-5-4-12(9-17)11(2)6-15/h4-6,13-14,18H,3,7-8,10H2,1-2H3,(H,20,21). The van der Waals surface area contributed by atoms with Crippen molar-refractivity contribution in [3.8, 4) is 6.07 Å². The monoisotopic (exact) mass is 351 g/mol. The Labute approximate surface area is 141 Å². The van der Waals surface area contributed by atoms with Crippen molar-refractivity contribution in [1.82, 2.24) is 9.62 Å². The Morgan fingerprint density at radius 2 is 2.12 bits per heavy atom. The molecule has 1 aliphatic rings. The van der Waals surface area contributed by atoms with Gasteiger partial charge in [0.1, 0.15) is 0 Å². The summed E-state index contributed by atoms with van der Waals surface area (Å²) in [6, 6.07) is 6.31. The third-order valence-electron chi connectivity index (χ3n) is 4.32. The number of nitrogens with one attached hydrogen (secondary N) is 1. The largest absolute Gasteiger partial charge is 0.480 e. The minimum absolute atomic E-state index is 0.0323. The predicted octanol–water partition coefficient (Wildman–Crippen LogP) is 1.08. The van der Waals surface area contributed by atoms with Gasteiger partial charge in [-0.1, -0.05) is 6.92 Å². The van der Waals surface area contributed by atoms with Crippen LogP contribution in [0.1, 0.15) is 30.9 Å². The van der Waals surface area contributed by atoms with Crippen LogP contribution in [0.4, 0.5) is 0 Å². The Morgan fingerprint density at radius 1 is 1.46 bits per heavy atom. The number of aryl methyl sites for hydroxylation is 1. The Kier molecular flexibility index (Phi) is 5.59. The lowest BCUT2D eigenvalue weighted by atomic mass is 9.86. The SMILES string of the molecule is CCN(CC(=O)O)C1CC(NS(=O)(=O)c2ccc(C#N)c(C)c2)C1. The topological polar surface area (TPSA) is 110 Å². The molecule has 2 rings (SSSR count). The number of nitrogens with zero attached hydrogens (tertiary/aromatic N) is 2. The van der Waals surface area contributed by atoms with E-state index in [1.54, 1.807) is 6.92 Å². The highest BCUT2D eigenvalue weighted by atomic mass is 32.2. The van der Waals surface area contributed by atoms with E-state index < -0.39 is 16.0 Å². The van der Waals surface area contributed by atoms with Crippen LogP contribution in [0.3, 0.4) is 0 Å². The molecule has 0 bridgehead atoms. The number of likely N-dealkylation sites (N-methyl/N-ethyl adjacent to an activating group) is 1. The number of nitriles is 1. The Morgan fingerprint density at radius 3 is 2.62 bits per heavy atom. The van der Waals surface area contributed by atoms with Crippen LogP contribution < -0.4 is 4.72 Å². The molecule has 1 aliphatic carbocycles. The predicted molar refractivity (Wildman–Crippen MR) is 87.9 cm³/mol. The number of carboxylic acid groups (broad SMARTS) is 1. The molecule has 0 amide bonds. The van der Waals surface area contributed by atoms with Gasteiger partial charge in [-0.15, -0.1) is 0 Å². The summed E-state index contributed by atoms with van der Waals surface area (Å²) >= 11 is 0. The number of carbonyl (C=O) groups is 1. The highest BCUT2D eigenvalue weighted by Gasteiger charge is 2.36. The van der Waals surface area contributed by atoms with Gasteiger partial charge in [-0.2, -0.15) is 5.26 Å². The Hall–Kier alpha value is -1.95. The van der Waals surface area contributed by atoms with Crippen molar-refractivity contribution in [2.24, 2.45) is 0 Å². The quantitative estimate of drug-likeness (QED) is 0.760. The molecule has 0 aliphatic heterocycles. The molecule has 1 fully saturated rings. The van der Waals surface area contributed by atoms with Crippen LogP contribution in [-0.4, -0.2) is 49.6 Å². The van der Waals surface area contributed by atoms with Crippen LogP contribution in [0.2, 0.25) is 0 Å². The fourth-order valence-electron chi connectivity index (χ4n) is 2.87. The van der Waals surface area contributed by atoms with Gasteiger partial charge in [0.15, 0.2) is 0 Å². The minimum Gasteiger partial charge on any atom is -0.480 e. The number of benzene rings is 1. The maximum atomic E-state index is 12.4. The zero-order chi connectivity index (χ0) is 17.9. The molecule has 24 heavy (non-hydrogen) atoms. The molecule has 0 heterocycles. The number of hydrogen-bond donors (Lipinski definition) is 2. The first-order chi connectivity index (χ1) is 11.3. The van der Waals surface area contributed by atoms with Gasteiger partial charge in [0.25, 0.3) is 0 Å². The number of aliphatic carboxylic acids is 1. The summed E-state index contributed by atoms with van der Waals surface area (Å²) in [5.74, 6) is -0.881. The second kappa shape index (κ2) is 7.30. The molecule has 0 spiro atoms. The van der Waals surface area contributed by atoms with E-state index in [9.17, 15) is 13.2 Å². The third kappa shape index (κ3) is 4.12. The van der Waals surface area contributed by atoms with Crippen molar-refractivity contribution >= 4 is 16.0 Å². The lowest BCUT2D eigenvalue weighted by Gasteiger charge is -2.42. The Balaban J connectivity index is 1.99. The molecule has 0 atom stereocenters. The van der Waals surface area contributed by atoms with E-state index in [0.717, 1.165) is 0 Å². The van der Waals surface area contributed by atoms with Crippen LogP contribution in [0.5, 0.6) is 0 Å². The lowest BCUT2D eigenvalue weighted by molar-refractivity contribution is -0.139. The Bertz CT molecular complexity index is 764. The van der Waals surface area contributed by atoms with E-state index in [-0.39, 0.29) is 23.5 Å². The molecule has 1 aromatic rings. The molecule has 8 heteroatoms. The summed E-state index contributed by atoms with van der Waals surface area (Å²) in [4.78, 5) is 12.8. The molecule has 7 nitrogen and oxygen atoms in total. The summed E-state index contributed by atoms with van der Waals surface area (Å²) in [6.45, 7) is 4.17.